The van der Waals surface area contributed by atoms with E-state index in [-0.39, 0.29) is 12.1 Å². The van der Waals surface area contributed by atoms with Crippen molar-refractivity contribution < 1.29 is 22.8 Å². The number of para-hydroxylation sites is 2. The summed E-state index contributed by atoms with van der Waals surface area (Å²) < 4.78 is 39.2. The number of carbonyl (C=O) groups is 2. The number of halogens is 3. The van der Waals surface area contributed by atoms with E-state index in [1.807, 2.05) is 32.0 Å². The van der Waals surface area contributed by atoms with E-state index in [4.69, 9.17) is 0 Å². The van der Waals surface area contributed by atoms with E-state index in [9.17, 15) is 22.8 Å². The molecule has 1 aliphatic rings. The number of amidine groups is 1. The van der Waals surface area contributed by atoms with Crippen LogP contribution >= 0.6 is 11.8 Å². The van der Waals surface area contributed by atoms with Crippen LogP contribution in [0.4, 0.5) is 24.5 Å². The Morgan fingerprint density at radius 2 is 1.93 bits per heavy atom. The van der Waals surface area contributed by atoms with Gasteiger partial charge in [-0.3, -0.25) is 9.59 Å². The largest absolute Gasteiger partial charge is 0.418 e. The highest BCUT2D eigenvalue weighted by Crippen LogP contribution is 2.35. The van der Waals surface area contributed by atoms with Gasteiger partial charge in [0, 0.05) is 6.42 Å². The van der Waals surface area contributed by atoms with Gasteiger partial charge in [-0.15, -0.1) is 0 Å². The van der Waals surface area contributed by atoms with E-state index in [0.717, 1.165) is 41.1 Å². The number of thioether (sulfide) groups is 1. The van der Waals surface area contributed by atoms with Crippen molar-refractivity contribution in [2.24, 2.45) is 4.99 Å². The molecule has 9 heteroatoms. The first-order valence-electron chi connectivity index (χ1n) is 9.29. The highest BCUT2D eigenvalue weighted by molar-refractivity contribution is 8.15. The summed E-state index contributed by atoms with van der Waals surface area (Å²) in [7, 11) is 0. The minimum Gasteiger partial charge on any atom is -0.325 e. The van der Waals surface area contributed by atoms with Crippen molar-refractivity contribution in [1.82, 2.24) is 5.32 Å². The number of carbonyl (C=O) groups excluding carboxylic acids is 2. The Hall–Kier alpha value is -2.81. The minimum absolute atomic E-state index is 0.268. The molecule has 1 unspecified atom stereocenters. The quantitative estimate of drug-likeness (QED) is 0.707. The number of hydrogen-bond acceptors (Lipinski definition) is 4. The van der Waals surface area contributed by atoms with Crippen LogP contribution in [0.15, 0.2) is 47.5 Å². The molecule has 2 amide bonds. The summed E-state index contributed by atoms with van der Waals surface area (Å²) in [5.41, 5.74) is 1.49. The van der Waals surface area contributed by atoms with Gasteiger partial charge in [-0.25, -0.2) is 4.99 Å². The van der Waals surface area contributed by atoms with E-state index in [1.165, 1.54) is 18.2 Å². The van der Waals surface area contributed by atoms with Crippen LogP contribution in [0, 0.1) is 6.92 Å². The fourth-order valence-corrected chi connectivity index (χ4v) is 4.04. The fourth-order valence-electron chi connectivity index (χ4n) is 3.07. The molecule has 1 atom stereocenters. The van der Waals surface area contributed by atoms with Gasteiger partial charge in [0.05, 0.1) is 16.9 Å². The van der Waals surface area contributed by atoms with Gasteiger partial charge in [0.2, 0.25) is 11.8 Å². The molecule has 0 saturated carbocycles. The average Bonchev–Trinajstić information content (AvgIpc) is 3.01. The van der Waals surface area contributed by atoms with Crippen LogP contribution in [0.25, 0.3) is 0 Å². The van der Waals surface area contributed by atoms with Crippen molar-refractivity contribution in [2.45, 2.75) is 38.1 Å². The maximum absolute atomic E-state index is 13.1. The van der Waals surface area contributed by atoms with Crippen molar-refractivity contribution in [3.63, 3.8) is 0 Å². The molecule has 5 nitrogen and oxygen atoms in total. The van der Waals surface area contributed by atoms with Gasteiger partial charge >= 0.3 is 6.18 Å². The summed E-state index contributed by atoms with van der Waals surface area (Å²) in [4.78, 5) is 29.1. The molecule has 158 valence electrons. The van der Waals surface area contributed by atoms with Crippen molar-refractivity contribution in [3.05, 3.63) is 59.2 Å². The Morgan fingerprint density at radius 1 is 1.20 bits per heavy atom. The second-order valence-electron chi connectivity index (χ2n) is 6.74. The molecule has 0 aliphatic carbocycles. The van der Waals surface area contributed by atoms with Crippen LogP contribution in [0.3, 0.4) is 0 Å². The lowest BCUT2D eigenvalue weighted by atomic mass is 10.1. The molecule has 1 heterocycles. The molecule has 3 rings (SSSR count). The number of nitrogens with one attached hydrogen (secondary N) is 2. The van der Waals surface area contributed by atoms with Gasteiger partial charge < -0.3 is 10.6 Å². The van der Waals surface area contributed by atoms with E-state index < -0.39 is 28.8 Å². The van der Waals surface area contributed by atoms with Crippen LogP contribution in [-0.2, 0) is 22.2 Å². The molecular weight excluding hydrogens is 415 g/mol. The van der Waals surface area contributed by atoms with Gasteiger partial charge in [0.15, 0.2) is 5.17 Å². The van der Waals surface area contributed by atoms with E-state index in [1.54, 1.807) is 0 Å². The van der Waals surface area contributed by atoms with Gasteiger partial charge in [-0.05, 0) is 36.6 Å². The number of hydrogen-bond donors (Lipinski definition) is 2. The van der Waals surface area contributed by atoms with Crippen LogP contribution in [0.5, 0.6) is 0 Å². The molecule has 30 heavy (non-hydrogen) atoms. The SMILES string of the molecule is CCc1cccc(C)c1N=C1NC(=O)C(CC(=O)Nc2ccccc2C(F)(F)F)S1. The van der Waals surface area contributed by atoms with Crippen LogP contribution in [-0.4, -0.2) is 22.2 Å². The minimum atomic E-state index is -4.59. The van der Waals surface area contributed by atoms with Crippen molar-refractivity contribution in [2.75, 3.05) is 5.32 Å². The number of amides is 2. The zero-order valence-electron chi connectivity index (χ0n) is 16.3. The first-order chi connectivity index (χ1) is 14.2. The summed E-state index contributed by atoms with van der Waals surface area (Å²) in [5, 5.41) is 4.52. The number of benzene rings is 2. The third-order valence-electron chi connectivity index (χ3n) is 4.57. The first kappa shape index (κ1) is 21.9. The molecule has 2 aromatic carbocycles. The van der Waals surface area contributed by atoms with E-state index >= 15 is 0 Å². The number of anilines is 1. The van der Waals surface area contributed by atoms with Gasteiger partial charge in [-0.2, -0.15) is 13.2 Å². The topological polar surface area (TPSA) is 70.6 Å². The Bertz CT molecular complexity index is 1010. The summed E-state index contributed by atoms with van der Waals surface area (Å²) >= 11 is 1.10. The molecule has 1 aliphatic heterocycles. The maximum atomic E-state index is 13.1. The van der Waals surface area contributed by atoms with Crippen LogP contribution in [0.2, 0.25) is 0 Å². The molecular formula is C21H20F3N3O2S. The smallest absolute Gasteiger partial charge is 0.325 e. The molecule has 2 N–H and O–H groups in total. The maximum Gasteiger partial charge on any atom is 0.418 e. The molecule has 1 saturated heterocycles. The first-order valence-corrected chi connectivity index (χ1v) is 10.2. The van der Waals surface area contributed by atoms with Crippen molar-refractivity contribution >= 4 is 40.1 Å². The van der Waals surface area contributed by atoms with E-state index in [0.29, 0.717) is 5.17 Å². The monoisotopic (exact) mass is 435 g/mol. The summed E-state index contributed by atoms with van der Waals surface area (Å²) in [6.07, 6.45) is -4.08. The highest BCUT2D eigenvalue weighted by Gasteiger charge is 2.35. The Balaban J connectivity index is 1.71. The number of alkyl halides is 3. The molecule has 0 radical (unpaired) electrons. The molecule has 0 aromatic heterocycles. The highest BCUT2D eigenvalue weighted by atomic mass is 32.2. The molecule has 0 bridgehead atoms. The number of rotatable bonds is 5. The third kappa shape index (κ3) is 5.02. The standard InChI is InChI=1S/C21H20F3N3O2S/c1-3-13-8-6-7-12(2)18(13)26-20-27-19(29)16(30-20)11-17(28)25-15-10-5-4-9-14(15)21(22,23)24/h4-10,16H,3,11H2,1-2H3,(H,25,28)(H,26,27,29). The molecule has 1 fully saturated rings. The lowest BCUT2D eigenvalue weighted by Gasteiger charge is -2.14. The van der Waals surface area contributed by atoms with Gasteiger partial charge in [-0.1, -0.05) is 49.0 Å². The zero-order valence-corrected chi connectivity index (χ0v) is 17.2. The normalized spacial score (nSPS) is 17.8. The van der Waals surface area contributed by atoms with Gasteiger partial charge in [0.1, 0.15) is 5.25 Å². The van der Waals surface area contributed by atoms with E-state index in [2.05, 4.69) is 15.6 Å². The van der Waals surface area contributed by atoms with Crippen LogP contribution in [0.1, 0.15) is 30.0 Å². The van der Waals surface area contributed by atoms with Gasteiger partial charge in [0.25, 0.3) is 0 Å². The summed E-state index contributed by atoms with van der Waals surface area (Å²) in [6.45, 7) is 3.92. The zero-order chi connectivity index (χ0) is 21.9. The predicted octanol–water partition coefficient (Wildman–Crippen LogP) is 4.82. The Labute approximate surface area is 176 Å². The Morgan fingerprint density at radius 3 is 2.63 bits per heavy atom. The van der Waals surface area contributed by atoms with Crippen molar-refractivity contribution in [3.8, 4) is 0 Å². The number of aliphatic imine (C=N–C) groups is 1. The lowest BCUT2D eigenvalue weighted by Crippen LogP contribution is -2.28. The average molecular weight is 435 g/mol. The summed E-state index contributed by atoms with van der Waals surface area (Å²) in [6, 6.07) is 10.5. The van der Waals surface area contributed by atoms with Crippen LogP contribution < -0.4 is 10.6 Å². The molecule has 0 spiro atoms. The fraction of sp³-hybridized carbons (Fsp3) is 0.286. The predicted molar refractivity (Wildman–Crippen MR) is 112 cm³/mol. The lowest BCUT2D eigenvalue weighted by molar-refractivity contribution is -0.137. The summed E-state index contributed by atoms with van der Waals surface area (Å²) in [5.74, 6) is -1.07. The number of aryl methyl sites for hydroxylation is 2. The van der Waals surface area contributed by atoms with Crippen molar-refractivity contribution in [1.29, 1.82) is 0 Å². The second kappa shape index (κ2) is 8.91. The Kier molecular flexibility index (Phi) is 6.50. The molecule has 2 aromatic rings. The second-order valence-corrected chi connectivity index (χ2v) is 7.94. The third-order valence-corrected chi connectivity index (χ3v) is 5.65. The number of nitrogens with zero attached hydrogens (tertiary/aromatic N) is 1.